The zero-order valence-corrected chi connectivity index (χ0v) is 61.6. The van der Waals surface area contributed by atoms with Crippen molar-refractivity contribution in [2.75, 3.05) is 64.4 Å². The summed E-state index contributed by atoms with van der Waals surface area (Å²) < 4.78 is 5.64. The summed E-state index contributed by atoms with van der Waals surface area (Å²) in [5, 5.41) is 48.1. The Bertz CT molecular complexity index is 3520. The number of amides is 13. The maximum atomic E-state index is 15.2. The molecule has 40 nitrogen and oxygen atoms in total. The van der Waals surface area contributed by atoms with Crippen LogP contribution in [0.15, 0.2) is 63.5 Å². The van der Waals surface area contributed by atoms with E-state index in [-0.39, 0.29) is 157 Å². The third-order valence-electron chi connectivity index (χ3n) is 16.8. The number of thioether (sulfide) groups is 1. The summed E-state index contributed by atoms with van der Waals surface area (Å²) in [4.78, 5) is 210. The summed E-state index contributed by atoms with van der Waals surface area (Å²) in [5.74, 6) is -15.7. The number of rotatable bonds is 26. The fourth-order valence-corrected chi connectivity index (χ4v) is 12.3. The summed E-state index contributed by atoms with van der Waals surface area (Å²) in [6, 6.07) is -3.05. The Balaban J connectivity index is 1.88. The second-order valence-corrected chi connectivity index (χ2v) is 27.0. The van der Waals surface area contributed by atoms with Gasteiger partial charge in [-0.1, -0.05) is 44.2 Å². The highest BCUT2D eigenvalue weighted by molar-refractivity contribution is 8.00. The van der Waals surface area contributed by atoms with Crippen LogP contribution in [0.2, 0.25) is 0 Å². The molecule has 29 N–H and O–H groups in total. The first kappa shape index (κ1) is 89.1. The molecule has 2 fully saturated rings. The number of aliphatic imine (C=N–C) groups is 3. The third kappa shape index (κ3) is 32.6. The Morgan fingerprint density at radius 3 is 1.58 bits per heavy atom. The predicted octanol–water partition coefficient (Wildman–Crippen LogP) is -7.18. The minimum Gasteiger partial charge on any atom is -0.508 e. The van der Waals surface area contributed by atoms with Crippen molar-refractivity contribution < 1.29 is 82.1 Å². The smallest absolute Gasteiger partial charge is 0.305 e. The van der Waals surface area contributed by atoms with E-state index < -0.39 is 168 Å². The highest BCUT2D eigenvalue weighted by Gasteiger charge is 2.41. The molecule has 0 saturated carbocycles. The summed E-state index contributed by atoms with van der Waals surface area (Å²) >= 11 is 0.806. The molecule has 0 spiro atoms. The van der Waals surface area contributed by atoms with Gasteiger partial charge in [-0.25, -0.2) is 0 Å². The van der Waals surface area contributed by atoms with Crippen molar-refractivity contribution in [1.82, 2.24) is 63.4 Å². The van der Waals surface area contributed by atoms with Crippen molar-refractivity contribution in [2.45, 2.75) is 171 Å². The molecule has 41 heteroatoms. The van der Waals surface area contributed by atoms with Gasteiger partial charge in [0.05, 0.1) is 32.4 Å². The van der Waals surface area contributed by atoms with Gasteiger partial charge in [-0.2, -0.15) is 0 Å². The Morgan fingerprint density at radius 2 is 1.03 bits per heavy atom. The lowest BCUT2D eigenvalue weighted by Crippen LogP contribution is -2.61. The fraction of sp³-hybridized carbons (Fsp3) is 0.567. The van der Waals surface area contributed by atoms with Gasteiger partial charge in [0, 0.05) is 44.8 Å². The van der Waals surface area contributed by atoms with E-state index in [1.807, 2.05) is 0 Å². The van der Waals surface area contributed by atoms with Gasteiger partial charge >= 0.3 is 5.97 Å². The van der Waals surface area contributed by atoms with Crippen LogP contribution >= 0.6 is 11.8 Å². The summed E-state index contributed by atoms with van der Waals surface area (Å²) in [5.41, 5.74) is 45.8. The Hall–Kier alpha value is -11.3. The number of nitrogens with two attached hydrogens (primary N) is 8. The number of carbonyl (C=O) groups excluding carboxylic acids is 13. The number of ether oxygens (including phenoxy) is 1. The number of aliphatic carboxylic acids is 1. The molecule has 4 rings (SSSR count). The Labute approximate surface area is 628 Å². The quantitative estimate of drug-likeness (QED) is 0.0236. The molecule has 596 valence electrons. The summed E-state index contributed by atoms with van der Waals surface area (Å²) in [6.07, 6.45) is -1.47. The minimum atomic E-state index is -1.93. The van der Waals surface area contributed by atoms with Crippen LogP contribution in [0.4, 0.5) is 0 Å². The van der Waals surface area contributed by atoms with E-state index in [2.05, 4.69) is 73.5 Å². The van der Waals surface area contributed by atoms with Crippen LogP contribution in [0, 0.1) is 5.92 Å². The van der Waals surface area contributed by atoms with Gasteiger partial charge in [-0.05, 0) is 119 Å². The van der Waals surface area contributed by atoms with Crippen molar-refractivity contribution in [3.8, 4) is 11.5 Å². The Kier molecular flexibility index (Phi) is 38.5. The van der Waals surface area contributed by atoms with Crippen molar-refractivity contribution in [3.05, 3.63) is 59.7 Å². The second kappa shape index (κ2) is 46.6. The number of hydrogen-bond acceptors (Lipinski definition) is 21. The largest absolute Gasteiger partial charge is 0.508 e. The SMILES string of the molecule is COc1ccccc1C[C@@H]1NC(=O)[C@H](CCCN=C(N)N)NC(=O)[C@H](CC(C)C)NC(=O)[C@H](Cc2ccc(O)cc2)NC(=O)CSC[C@@H](C(N)=O)NC(=O)CNC(=O)CNC(=O)[C@H](CCCN=C(N)N)NC(=O)[C@H](CC(=O)O)NC(=O)[C@H](CCCCN)NC(=O)[C@@H]2CCCN2C(=O)[C@H](CCCN=C(N)N)NC1=O. The van der Waals surface area contributed by atoms with E-state index >= 15 is 14.4 Å². The zero-order chi connectivity index (χ0) is 80.0. The monoisotopic (exact) mass is 1540 g/mol. The molecular weight excluding hydrogens is 1430 g/mol. The van der Waals surface area contributed by atoms with E-state index in [1.165, 1.54) is 36.3 Å². The number of primary amides is 1. The van der Waals surface area contributed by atoms with Crippen LogP contribution in [0.1, 0.15) is 108 Å². The molecule has 2 aromatic rings. The number of aromatic hydroxyl groups is 1. The molecule has 2 aliphatic rings. The van der Waals surface area contributed by atoms with Gasteiger partial charge in [0.1, 0.15) is 71.9 Å². The summed E-state index contributed by atoms with van der Waals surface area (Å²) in [6.45, 7) is 1.82. The number of fused-ring (bicyclic) bond motifs is 1. The first-order valence-electron chi connectivity index (χ1n) is 35.2. The first-order chi connectivity index (χ1) is 51.3. The number of phenolic OH excluding ortho intramolecular Hbond substituents is 1. The standard InChI is InChI=1S/C67H105N23O17S/c1-36(2)28-44-59(101)84-42(15-9-25-77-66(72)73)58(100)88-46(30-38-12-4-5-18-50(38)107-3)61(103)86-43(16-10-26-78-67(74)75)64(106)90-27-11-17-49(90)63(105)85-41(13-6-7-23-68)57(99)89-47(31-54(95)96)62(104)83-40(14-8-24-76-65(70)71)56(98)80-32-51(92)79-33-52(93)82-48(55(69)97)34-108-35-53(94)81-45(60(102)87-44)29-37-19-21-39(91)22-20-37/h4-5,12,18-22,36,40-49,91H,6-11,13-17,23-35,68H2,1-3H3,(H2,69,97)(H,79,92)(H,80,98)(H,81,94)(H,82,93)(H,83,104)(H,84,101)(H,85,105)(H,86,103)(H,87,102)(H,88,100)(H,89,99)(H,95,96)(H4,70,71,76)(H4,72,73,77)(H4,74,75,78)/t40-,41-,42-,43-,44-,45-,46-,47-,48-,49-/m0/s1. The number of carboxylic acid groups (broad SMARTS) is 1. The molecule has 0 radical (unpaired) electrons. The number of carbonyl (C=O) groups is 14. The van der Waals surface area contributed by atoms with Crippen molar-refractivity contribution in [3.63, 3.8) is 0 Å². The number of carboxylic acids is 1. The lowest BCUT2D eigenvalue weighted by Gasteiger charge is -2.31. The molecule has 10 atom stereocenters. The van der Waals surface area contributed by atoms with Gasteiger partial charge in [-0.3, -0.25) is 82.1 Å². The molecule has 0 aromatic heterocycles. The fourth-order valence-electron chi connectivity index (χ4n) is 11.4. The van der Waals surface area contributed by atoms with E-state index in [9.17, 15) is 63.0 Å². The van der Waals surface area contributed by atoms with Gasteiger partial charge in [0.15, 0.2) is 17.9 Å². The van der Waals surface area contributed by atoms with Gasteiger partial charge in [-0.15, -0.1) is 11.8 Å². The highest BCUT2D eigenvalue weighted by atomic mass is 32.2. The van der Waals surface area contributed by atoms with E-state index in [1.54, 1.807) is 38.1 Å². The molecule has 0 aliphatic carbocycles. The molecule has 2 heterocycles. The van der Waals surface area contributed by atoms with Crippen LogP contribution in [0.3, 0.4) is 0 Å². The third-order valence-corrected chi connectivity index (χ3v) is 17.9. The van der Waals surface area contributed by atoms with E-state index in [0.717, 1.165) is 11.8 Å². The van der Waals surface area contributed by atoms with Crippen LogP contribution in [-0.4, -0.2) is 241 Å². The van der Waals surface area contributed by atoms with Gasteiger partial charge < -0.3 is 124 Å². The number of guanidine groups is 3. The molecule has 0 unspecified atom stereocenters. The van der Waals surface area contributed by atoms with Crippen LogP contribution in [0.25, 0.3) is 0 Å². The lowest BCUT2D eigenvalue weighted by molar-refractivity contribution is -0.143. The van der Waals surface area contributed by atoms with Crippen LogP contribution < -0.4 is 109 Å². The molecule has 2 aliphatic heterocycles. The molecule has 0 bridgehead atoms. The number of nitrogens with one attached hydrogen (secondary N) is 11. The second-order valence-electron chi connectivity index (χ2n) is 26.0. The van der Waals surface area contributed by atoms with Gasteiger partial charge in [0.2, 0.25) is 76.8 Å². The number of methoxy groups -OCH3 is 1. The number of nitrogens with zero attached hydrogens (tertiary/aromatic N) is 4. The molecule has 108 heavy (non-hydrogen) atoms. The zero-order valence-electron chi connectivity index (χ0n) is 60.8. The average molecular weight is 1540 g/mol. The summed E-state index contributed by atoms with van der Waals surface area (Å²) in [7, 11) is 1.38. The number of phenols is 1. The Morgan fingerprint density at radius 1 is 0.546 bits per heavy atom. The number of hydrogen-bond donors (Lipinski definition) is 21. The maximum absolute atomic E-state index is 15.2. The van der Waals surface area contributed by atoms with Gasteiger partial charge in [0.25, 0.3) is 0 Å². The molecule has 2 saturated heterocycles. The van der Waals surface area contributed by atoms with Crippen LogP contribution in [0.5, 0.6) is 11.5 Å². The molecule has 13 amide bonds. The molecular formula is C67H105N23O17S. The number of benzene rings is 2. The first-order valence-corrected chi connectivity index (χ1v) is 36.4. The van der Waals surface area contributed by atoms with Crippen molar-refractivity contribution in [1.29, 1.82) is 0 Å². The van der Waals surface area contributed by atoms with Crippen molar-refractivity contribution >= 4 is 112 Å². The number of para-hydroxylation sites is 1. The topological polar surface area (TPSA) is 669 Å². The molecule has 2 aromatic carbocycles. The predicted molar refractivity (Wildman–Crippen MR) is 398 cm³/mol. The number of unbranched alkanes of at least 4 members (excludes halogenated alkanes) is 1. The highest BCUT2D eigenvalue weighted by Crippen LogP contribution is 2.23. The van der Waals surface area contributed by atoms with Crippen molar-refractivity contribution in [2.24, 2.45) is 66.8 Å². The normalized spacial score (nSPS) is 22.8. The van der Waals surface area contributed by atoms with Crippen LogP contribution in [-0.2, 0) is 80.0 Å². The van der Waals surface area contributed by atoms with E-state index in [4.69, 9.17) is 50.6 Å². The van der Waals surface area contributed by atoms with E-state index in [0.29, 0.717) is 17.5 Å². The average Bonchev–Trinajstić information content (AvgIpc) is 1.69. The lowest BCUT2D eigenvalue weighted by atomic mass is 9.99. The maximum Gasteiger partial charge on any atom is 0.305 e. The minimum absolute atomic E-state index is 0.00968.